The van der Waals surface area contributed by atoms with Crippen molar-refractivity contribution in [2.24, 2.45) is 5.73 Å². The highest BCUT2D eigenvalue weighted by atomic mass is 16.6. The van der Waals surface area contributed by atoms with E-state index in [9.17, 15) is 14.9 Å². The highest BCUT2D eigenvalue weighted by molar-refractivity contribution is 5.76. The number of nitro groups is 1. The number of rotatable bonds is 2. The van der Waals surface area contributed by atoms with Gasteiger partial charge in [-0.25, -0.2) is 0 Å². The molecule has 0 atom stereocenters. The molecule has 1 amide bonds. The van der Waals surface area contributed by atoms with Gasteiger partial charge in [-0.1, -0.05) is 11.8 Å². The van der Waals surface area contributed by atoms with Crippen LogP contribution in [0, 0.1) is 35.8 Å². The highest BCUT2D eigenvalue weighted by Crippen LogP contribution is 2.21. The Kier molecular flexibility index (Phi) is 3.83. The summed E-state index contributed by atoms with van der Waals surface area (Å²) in [7, 11) is 0. The number of nitro benzene ring substituents is 1. The molecule has 0 heterocycles. The van der Waals surface area contributed by atoms with Crippen LogP contribution < -0.4 is 5.73 Å². The molecule has 0 spiro atoms. The van der Waals surface area contributed by atoms with Crippen LogP contribution in [0.25, 0.3) is 0 Å². The van der Waals surface area contributed by atoms with Crippen molar-refractivity contribution >= 4 is 11.6 Å². The zero-order chi connectivity index (χ0) is 13.0. The Morgan fingerprint density at radius 3 is 2.59 bits per heavy atom. The first kappa shape index (κ1) is 12.7. The Labute approximate surface area is 98.8 Å². The quantitative estimate of drug-likeness (QED) is 0.475. The molecule has 2 N–H and O–H groups in total. The second-order valence-corrected chi connectivity index (χ2v) is 3.66. The van der Waals surface area contributed by atoms with Crippen LogP contribution in [0.3, 0.4) is 0 Å². The smallest absolute Gasteiger partial charge is 0.273 e. The summed E-state index contributed by atoms with van der Waals surface area (Å²) in [5, 5.41) is 10.8. The zero-order valence-electron chi connectivity index (χ0n) is 9.61. The maximum Gasteiger partial charge on any atom is 0.273 e. The summed E-state index contributed by atoms with van der Waals surface area (Å²) >= 11 is 0. The van der Waals surface area contributed by atoms with E-state index in [-0.39, 0.29) is 12.1 Å². The van der Waals surface area contributed by atoms with Crippen molar-refractivity contribution in [2.75, 3.05) is 0 Å². The van der Waals surface area contributed by atoms with Gasteiger partial charge in [0.1, 0.15) is 0 Å². The number of amides is 1. The topological polar surface area (TPSA) is 86.2 Å². The van der Waals surface area contributed by atoms with Gasteiger partial charge in [-0.15, -0.1) is 0 Å². The average Bonchev–Trinajstić information content (AvgIpc) is 2.20. The fourth-order valence-corrected chi connectivity index (χ4v) is 1.40. The predicted octanol–water partition coefficient (Wildman–Crippen LogP) is 1.44. The second-order valence-electron chi connectivity index (χ2n) is 3.66. The number of aryl methyl sites for hydroxylation is 2. The molecule has 88 valence electrons. The molecule has 1 aromatic carbocycles. The van der Waals surface area contributed by atoms with Gasteiger partial charge in [0.05, 0.1) is 11.3 Å². The van der Waals surface area contributed by atoms with Crippen molar-refractivity contribution in [3.05, 3.63) is 38.9 Å². The van der Waals surface area contributed by atoms with E-state index < -0.39 is 10.8 Å². The van der Waals surface area contributed by atoms with E-state index in [1.54, 1.807) is 13.0 Å². The third kappa shape index (κ3) is 3.31. The lowest BCUT2D eigenvalue weighted by molar-refractivity contribution is -0.385. The molecule has 0 saturated heterocycles. The summed E-state index contributed by atoms with van der Waals surface area (Å²) in [5.41, 5.74) is 6.95. The number of nitrogens with two attached hydrogens (primary N) is 1. The number of benzene rings is 1. The lowest BCUT2D eigenvalue weighted by atomic mass is 10.0. The van der Waals surface area contributed by atoms with Crippen LogP contribution in [0.5, 0.6) is 0 Å². The van der Waals surface area contributed by atoms with E-state index >= 15 is 0 Å². The third-order valence-electron chi connectivity index (χ3n) is 2.23. The Morgan fingerprint density at radius 2 is 2.06 bits per heavy atom. The molecule has 0 aliphatic heterocycles. The van der Waals surface area contributed by atoms with Gasteiger partial charge in [0.15, 0.2) is 0 Å². The van der Waals surface area contributed by atoms with E-state index in [1.165, 1.54) is 6.07 Å². The number of primary amides is 1. The van der Waals surface area contributed by atoms with Gasteiger partial charge in [0.2, 0.25) is 5.91 Å². The zero-order valence-corrected chi connectivity index (χ0v) is 9.61. The summed E-state index contributed by atoms with van der Waals surface area (Å²) in [6, 6.07) is 3.12. The molecule has 0 aliphatic carbocycles. The van der Waals surface area contributed by atoms with Gasteiger partial charge in [0.25, 0.3) is 5.69 Å². The van der Waals surface area contributed by atoms with Crippen molar-refractivity contribution in [3.8, 4) is 11.8 Å². The highest BCUT2D eigenvalue weighted by Gasteiger charge is 2.12. The van der Waals surface area contributed by atoms with Crippen molar-refractivity contribution in [2.45, 2.75) is 20.3 Å². The van der Waals surface area contributed by atoms with Crippen molar-refractivity contribution < 1.29 is 9.72 Å². The first-order valence-corrected chi connectivity index (χ1v) is 4.94. The molecule has 1 rings (SSSR count). The standard InChI is InChI=1S/C12H12N2O3/c1-8-6-9(2)11(14(16)17)7-10(8)4-3-5-12(13)15/h6-7H,5H2,1-2H3,(H2,13,15). The number of hydrogen-bond acceptors (Lipinski definition) is 3. The van der Waals surface area contributed by atoms with E-state index in [4.69, 9.17) is 5.73 Å². The molecule has 5 nitrogen and oxygen atoms in total. The van der Waals surface area contributed by atoms with Gasteiger partial charge in [-0.05, 0) is 25.5 Å². The Balaban J connectivity index is 3.15. The first-order valence-electron chi connectivity index (χ1n) is 4.94. The van der Waals surface area contributed by atoms with Crippen LogP contribution in [-0.2, 0) is 4.79 Å². The lowest BCUT2D eigenvalue weighted by Crippen LogP contribution is -2.08. The van der Waals surface area contributed by atoms with Crippen molar-refractivity contribution in [1.29, 1.82) is 0 Å². The van der Waals surface area contributed by atoms with E-state index in [1.807, 2.05) is 6.92 Å². The summed E-state index contributed by atoms with van der Waals surface area (Å²) < 4.78 is 0. The second kappa shape index (κ2) is 5.12. The lowest BCUT2D eigenvalue weighted by Gasteiger charge is -2.01. The van der Waals surface area contributed by atoms with E-state index in [0.717, 1.165) is 5.56 Å². The summed E-state index contributed by atoms with van der Waals surface area (Å²) in [6.07, 6.45) is -0.0545. The average molecular weight is 232 g/mol. The minimum atomic E-state index is -0.517. The number of nitrogens with zero attached hydrogens (tertiary/aromatic N) is 1. The van der Waals surface area contributed by atoms with Crippen molar-refractivity contribution in [3.63, 3.8) is 0 Å². The monoisotopic (exact) mass is 232 g/mol. The van der Waals surface area contributed by atoms with Crippen LogP contribution >= 0.6 is 0 Å². The van der Waals surface area contributed by atoms with Crippen LogP contribution in [-0.4, -0.2) is 10.8 Å². The van der Waals surface area contributed by atoms with Gasteiger partial charge in [-0.3, -0.25) is 14.9 Å². The molecular weight excluding hydrogens is 220 g/mol. The van der Waals surface area contributed by atoms with Crippen molar-refractivity contribution in [1.82, 2.24) is 0 Å². The predicted molar refractivity (Wildman–Crippen MR) is 63.3 cm³/mol. The normalized spacial score (nSPS) is 9.29. The Morgan fingerprint density at radius 1 is 1.41 bits per heavy atom. The molecule has 0 aromatic heterocycles. The molecular formula is C12H12N2O3. The molecule has 17 heavy (non-hydrogen) atoms. The first-order chi connectivity index (χ1) is 7.91. The largest absolute Gasteiger partial charge is 0.369 e. The van der Waals surface area contributed by atoms with Gasteiger partial charge < -0.3 is 5.73 Å². The summed E-state index contributed by atoms with van der Waals surface area (Å²) in [6.45, 7) is 3.48. The number of hydrogen-bond donors (Lipinski definition) is 1. The van der Waals surface area contributed by atoms with Gasteiger partial charge in [-0.2, -0.15) is 0 Å². The maximum absolute atomic E-state index is 10.8. The van der Waals surface area contributed by atoms with Crippen LogP contribution in [0.4, 0.5) is 5.69 Å². The molecule has 0 fully saturated rings. The van der Waals surface area contributed by atoms with Crippen LogP contribution in [0.15, 0.2) is 12.1 Å². The SMILES string of the molecule is Cc1cc(C)c([N+](=O)[O-])cc1C#CCC(N)=O. The van der Waals surface area contributed by atoms with Gasteiger partial charge in [0, 0.05) is 17.2 Å². The summed E-state index contributed by atoms with van der Waals surface area (Å²) in [4.78, 5) is 20.8. The molecule has 0 saturated carbocycles. The Bertz CT molecular complexity index is 539. The maximum atomic E-state index is 10.8. The molecule has 1 aromatic rings. The van der Waals surface area contributed by atoms with E-state index in [0.29, 0.717) is 11.1 Å². The minimum Gasteiger partial charge on any atom is -0.369 e. The molecule has 0 unspecified atom stereocenters. The fourth-order valence-electron chi connectivity index (χ4n) is 1.40. The van der Waals surface area contributed by atoms with Crippen LogP contribution in [0.1, 0.15) is 23.1 Å². The fraction of sp³-hybridized carbons (Fsp3) is 0.250. The number of carbonyl (C=O) groups is 1. The number of carbonyl (C=O) groups excluding carboxylic acids is 1. The Hall–Kier alpha value is -2.35. The molecule has 0 bridgehead atoms. The molecule has 5 heteroatoms. The molecule has 0 radical (unpaired) electrons. The minimum absolute atomic E-state index is 0.0268. The van der Waals surface area contributed by atoms with E-state index in [2.05, 4.69) is 11.8 Å². The van der Waals surface area contributed by atoms with Crippen LogP contribution in [0.2, 0.25) is 0 Å². The molecule has 0 aliphatic rings. The summed E-state index contributed by atoms with van der Waals surface area (Å²) in [5.74, 6) is 4.78. The van der Waals surface area contributed by atoms with Gasteiger partial charge >= 0.3 is 0 Å². The third-order valence-corrected chi connectivity index (χ3v) is 2.23.